The number of ether oxygens (including phenoxy) is 2. The SMILES string of the molecule is CC(=O)OC/C=C(\C)CCC1OC1(C)C. The van der Waals surface area contributed by atoms with Crippen molar-refractivity contribution in [1.82, 2.24) is 0 Å². The van der Waals surface area contributed by atoms with Crippen LogP contribution in [0.3, 0.4) is 0 Å². The van der Waals surface area contributed by atoms with Gasteiger partial charge in [-0.25, -0.2) is 0 Å². The van der Waals surface area contributed by atoms with Crippen LogP contribution in [-0.4, -0.2) is 24.3 Å². The number of carbonyl (C=O) groups excluding carboxylic acids is 1. The van der Waals surface area contributed by atoms with E-state index in [0.29, 0.717) is 12.7 Å². The van der Waals surface area contributed by atoms with Crippen LogP contribution in [-0.2, 0) is 14.3 Å². The third-order valence-corrected chi connectivity index (χ3v) is 2.68. The third-order valence-electron chi connectivity index (χ3n) is 2.68. The molecule has 1 rings (SSSR count). The largest absolute Gasteiger partial charge is 0.462 e. The van der Waals surface area contributed by atoms with Crippen LogP contribution < -0.4 is 0 Å². The Kier molecular flexibility index (Phi) is 3.91. The van der Waals surface area contributed by atoms with Gasteiger partial charge in [-0.05, 0) is 39.7 Å². The van der Waals surface area contributed by atoms with Crippen LogP contribution in [0.15, 0.2) is 11.6 Å². The molecule has 1 unspecified atom stereocenters. The van der Waals surface area contributed by atoms with Crippen molar-refractivity contribution in [3.8, 4) is 0 Å². The molecule has 1 saturated heterocycles. The fourth-order valence-corrected chi connectivity index (χ4v) is 1.50. The molecular weight excluding hydrogens is 192 g/mol. The van der Waals surface area contributed by atoms with Crippen molar-refractivity contribution in [2.75, 3.05) is 6.61 Å². The number of rotatable bonds is 5. The van der Waals surface area contributed by atoms with Crippen molar-refractivity contribution in [3.63, 3.8) is 0 Å². The van der Waals surface area contributed by atoms with E-state index in [0.717, 1.165) is 12.8 Å². The van der Waals surface area contributed by atoms with Crippen molar-refractivity contribution in [2.24, 2.45) is 0 Å². The Hall–Kier alpha value is -0.830. The van der Waals surface area contributed by atoms with Gasteiger partial charge in [0.25, 0.3) is 0 Å². The Labute approximate surface area is 91.4 Å². The molecule has 15 heavy (non-hydrogen) atoms. The molecule has 0 radical (unpaired) electrons. The quantitative estimate of drug-likeness (QED) is 0.399. The van der Waals surface area contributed by atoms with Crippen molar-refractivity contribution < 1.29 is 14.3 Å². The lowest BCUT2D eigenvalue weighted by Crippen LogP contribution is -2.03. The molecule has 3 nitrogen and oxygen atoms in total. The molecule has 0 aromatic carbocycles. The summed E-state index contributed by atoms with van der Waals surface area (Å²) in [6.07, 6.45) is 4.41. The zero-order valence-corrected chi connectivity index (χ0v) is 10.0. The average molecular weight is 212 g/mol. The summed E-state index contributed by atoms with van der Waals surface area (Å²) >= 11 is 0. The Morgan fingerprint density at radius 1 is 1.47 bits per heavy atom. The maximum atomic E-state index is 10.5. The predicted molar refractivity (Wildman–Crippen MR) is 58.6 cm³/mol. The summed E-state index contributed by atoms with van der Waals surface area (Å²) in [6.45, 7) is 8.07. The van der Waals surface area contributed by atoms with Gasteiger partial charge in [-0.3, -0.25) is 4.79 Å². The van der Waals surface area contributed by atoms with E-state index < -0.39 is 0 Å². The predicted octanol–water partition coefficient (Wildman–Crippen LogP) is 2.45. The molecule has 3 heteroatoms. The van der Waals surface area contributed by atoms with Crippen LogP contribution in [0, 0.1) is 0 Å². The highest BCUT2D eigenvalue weighted by Gasteiger charge is 2.46. The van der Waals surface area contributed by atoms with Crippen LogP contribution >= 0.6 is 0 Å². The number of epoxide rings is 1. The summed E-state index contributed by atoms with van der Waals surface area (Å²) in [5, 5.41) is 0. The Morgan fingerprint density at radius 2 is 2.07 bits per heavy atom. The van der Waals surface area contributed by atoms with E-state index in [4.69, 9.17) is 9.47 Å². The van der Waals surface area contributed by atoms with Crippen LogP contribution in [0.25, 0.3) is 0 Å². The molecule has 0 bridgehead atoms. The van der Waals surface area contributed by atoms with Crippen LogP contribution in [0.2, 0.25) is 0 Å². The van der Waals surface area contributed by atoms with E-state index >= 15 is 0 Å². The van der Waals surface area contributed by atoms with Gasteiger partial charge in [-0.1, -0.05) is 5.57 Å². The summed E-state index contributed by atoms with van der Waals surface area (Å²) < 4.78 is 10.3. The zero-order valence-electron chi connectivity index (χ0n) is 10.0. The highest BCUT2D eigenvalue weighted by atomic mass is 16.6. The molecule has 1 aliphatic heterocycles. The summed E-state index contributed by atoms with van der Waals surface area (Å²) in [7, 11) is 0. The highest BCUT2D eigenvalue weighted by Crippen LogP contribution is 2.38. The van der Waals surface area contributed by atoms with E-state index in [1.807, 2.05) is 6.08 Å². The molecule has 0 aliphatic carbocycles. The van der Waals surface area contributed by atoms with Crippen molar-refractivity contribution in [3.05, 3.63) is 11.6 Å². The van der Waals surface area contributed by atoms with Gasteiger partial charge in [-0.15, -0.1) is 0 Å². The van der Waals surface area contributed by atoms with E-state index in [1.54, 1.807) is 0 Å². The molecule has 1 fully saturated rings. The molecular formula is C12H20O3. The number of esters is 1. The zero-order chi connectivity index (χ0) is 11.5. The van der Waals surface area contributed by atoms with E-state index in [2.05, 4.69) is 20.8 Å². The number of allylic oxidation sites excluding steroid dienone is 1. The minimum atomic E-state index is -0.231. The lowest BCUT2D eigenvalue weighted by atomic mass is 10.0. The van der Waals surface area contributed by atoms with Crippen molar-refractivity contribution >= 4 is 5.97 Å². The smallest absolute Gasteiger partial charge is 0.302 e. The lowest BCUT2D eigenvalue weighted by Gasteiger charge is -2.01. The van der Waals surface area contributed by atoms with Crippen LogP contribution in [0.4, 0.5) is 0 Å². The van der Waals surface area contributed by atoms with Crippen LogP contribution in [0.1, 0.15) is 40.5 Å². The first-order chi connectivity index (χ1) is 6.92. The van der Waals surface area contributed by atoms with Gasteiger partial charge >= 0.3 is 5.97 Å². The molecule has 0 spiro atoms. The van der Waals surface area contributed by atoms with E-state index in [1.165, 1.54) is 12.5 Å². The summed E-state index contributed by atoms with van der Waals surface area (Å²) in [6, 6.07) is 0. The second kappa shape index (κ2) is 4.79. The number of carbonyl (C=O) groups is 1. The highest BCUT2D eigenvalue weighted by molar-refractivity contribution is 5.66. The fourth-order valence-electron chi connectivity index (χ4n) is 1.50. The second-order valence-corrected chi connectivity index (χ2v) is 4.60. The summed E-state index contributed by atoms with van der Waals surface area (Å²) in [5.74, 6) is -0.231. The molecule has 0 amide bonds. The van der Waals surface area contributed by atoms with E-state index in [9.17, 15) is 4.79 Å². The fraction of sp³-hybridized carbons (Fsp3) is 0.750. The van der Waals surface area contributed by atoms with Gasteiger partial charge in [0.1, 0.15) is 6.61 Å². The van der Waals surface area contributed by atoms with Gasteiger partial charge in [0, 0.05) is 6.92 Å². The normalized spacial score (nSPS) is 23.7. The average Bonchev–Trinajstić information content (AvgIpc) is 2.70. The maximum absolute atomic E-state index is 10.5. The molecule has 1 atom stereocenters. The Balaban J connectivity index is 2.13. The first-order valence-corrected chi connectivity index (χ1v) is 5.38. The minimum Gasteiger partial charge on any atom is -0.462 e. The molecule has 0 N–H and O–H groups in total. The molecule has 1 aliphatic rings. The summed E-state index contributed by atoms with van der Waals surface area (Å²) in [4.78, 5) is 10.5. The Bertz CT molecular complexity index is 266. The maximum Gasteiger partial charge on any atom is 0.302 e. The van der Waals surface area contributed by atoms with Gasteiger partial charge < -0.3 is 9.47 Å². The molecule has 0 saturated carbocycles. The molecule has 0 aromatic heterocycles. The standard InChI is InChI=1S/C12H20O3/c1-9(7-8-14-10(2)13)5-6-11-12(3,4)15-11/h7,11H,5-6,8H2,1-4H3/b9-7+. The number of hydrogen-bond donors (Lipinski definition) is 0. The van der Waals surface area contributed by atoms with Crippen molar-refractivity contribution in [1.29, 1.82) is 0 Å². The molecule has 1 heterocycles. The van der Waals surface area contributed by atoms with Gasteiger partial charge in [0.15, 0.2) is 0 Å². The first kappa shape index (κ1) is 12.2. The topological polar surface area (TPSA) is 38.8 Å². The minimum absolute atomic E-state index is 0.0795. The van der Waals surface area contributed by atoms with Crippen molar-refractivity contribution in [2.45, 2.75) is 52.2 Å². The van der Waals surface area contributed by atoms with Gasteiger partial charge in [0.2, 0.25) is 0 Å². The molecule has 86 valence electrons. The lowest BCUT2D eigenvalue weighted by molar-refractivity contribution is -0.139. The van der Waals surface area contributed by atoms with Gasteiger partial charge in [-0.2, -0.15) is 0 Å². The van der Waals surface area contributed by atoms with Gasteiger partial charge in [0.05, 0.1) is 11.7 Å². The first-order valence-electron chi connectivity index (χ1n) is 5.38. The third kappa shape index (κ3) is 4.47. The van der Waals surface area contributed by atoms with Crippen LogP contribution in [0.5, 0.6) is 0 Å². The Morgan fingerprint density at radius 3 is 2.53 bits per heavy atom. The number of hydrogen-bond acceptors (Lipinski definition) is 3. The van der Waals surface area contributed by atoms with E-state index in [-0.39, 0.29) is 11.6 Å². The monoisotopic (exact) mass is 212 g/mol. The second-order valence-electron chi connectivity index (χ2n) is 4.60. The summed E-state index contributed by atoms with van der Waals surface area (Å²) in [5.41, 5.74) is 1.33. The molecule has 0 aromatic rings.